The highest BCUT2D eigenvalue weighted by molar-refractivity contribution is 7.21. The summed E-state index contributed by atoms with van der Waals surface area (Å²) < 4.78 is 12.2. The van der Waals surface area contributed by atoms with E-state index in [1.807, 2.05) is 37.3 Å². The number of benzene rings is 3. The van der Waals surface area contributed by atoms with Crippen LogP contribution >= 0.6 is 22.9 Å². The Morgan fingerprint density at radius 1 is 0.912 bits per heavy atom. The Labute approximate surface area is 204 Å². The van der Waals surface area contributed by atoms with Crippen LogP contribution in [0.3, 0.4) is 0 Å². The fraction of sp³-hybridized carbons (Fsp3) is 0.0769. The summed E-state index contributed by atoms with van der Waals surface area (Å²) in [6, 6.07) is 21.7. The number of carbonyl (C=O) groups excluding carboxylic acids is 2. The molecule has 6 nitrogen and oxygen atoms in total. The maximum Gasteiger partial charge on any atom is 0.293 e. The number of ether oxygens (including phenoxy) is 1. The maximum absolute atomic E-state index is 13.2. The maximum atomic E-state index is 13.2. The summed E-state index contributed by atoms with van der Waals surface area (Å²) in [7, 11) is 0. The SMILES string of the molecule is CCOc1ccc(NC(=O)c2oc3ccccc3c2NC(=O)c2sc3ccccc3c2Cl)cc1. The Balaban J connectivity index is 1.47. The van der Waals surface area contributed by atoms with Crippen molar-refractivity contribution in [2.75, 3.05) is 17.2 Å². The Kier molecular flexibility index (Phi) is 5.96. The fourth-order valence-corrected chi connectivity index (χ4v) is 5.06. The normalized spacial score (nSPS) is 11.0. The molecule has 3 aromatic carbocycles. The molecular formula is C26H19ClN2O4S. The molecule has 2 N–H and O–H groups in total. The molecule has 0 saturated carbocycles. The molecular weight excluding hydrogens is 472 g/mol. The number of nitrogens with one attached hydrogen (secondary N) is 2. The highest BCUT2D eigenvalue weighted by Gasteiger charge is 2.25. The zero-order valence-electron chi connectivity index (χ0n) is 18.1. The van der Waals surface area contributed by atoms with Crippen molar-refractivity contribution in [3.05, 3.63) is 88.5 Å². The Hall–Kier alpha value is -3.81. The quantitative estimate of drug-likeness (QED) is 0.263. The molecule has 8 heteroatoms. The van der Waals surface area contributed by atoms with E-state index >= 15 is 0 Å². The third-order valence-corrected chi connectivity index (χ3v) is 6.88. The van der Waals surface area contributed by atoms with E-state index in [9.17, 15) is 9.59 Å². The molecule has 5 rings (SSSR count). The van der Waals surface area contributed by atoms with Crippen molar-refractivity contribution >= 4 is 67.2 Å². The van der Waals surface area contributed by atoms with Crippen LogP contribution in [0.25, 0.3) is 21.1 Å². The van der Waals surface area contributed by atoms with Crippen molar-refractivity contribution in [2.24, 2.45) is 0 Å². The summed E-state index contributed by atoms with van der Waals surface area (Å²) in [6.07, 6.45) is 0. The lowest BCUT2D eigenvalue weighted by atomic mass is 10.2. The summed E-state index contributed by atoms with van der Waals surface area (Å²) in [5.74, 6) is -0.191. The van der Waals surface area contributed by atoms with Gasteiger partial charge in [0.25, 0.3) is 11.8 Å². The van der Waals surface area contributed by atoms with E-state index in [4.69, 9.17) is 20.8 Å². The van der Waals surface area contributed by atoms with Gasteiger partial charge in [0.2, 0.25) is 5.76 Å². The van der Waals surface area contributed by atoms with Gasteiger partial charge in [-0.3, -0.25) is 9.59 Å². The van der Waals surface area contributed by atoms with Gasteiger partial charge in [-0.25, -0.2) is 0 Å². The van der Waals surface area contributed by atoms with Crippen LogP contribution in [-0.2, 0) is 0 Å². The summed E-state index contributed by atoms with van der Waals surface area (Å²) in [4.78, 5) is 26.7. The van der Waals surface area contributed by atoms with Crippen LogP contribution in [0.5, 0.6) is 5.75 Å². The average Bonchev–Trinajstić information content (AvgIpc) is 3.39. The fourth-order valence-electron chi connectivity index (χ4n) is 3.65. The van der Waals surface area contributed by atoms with Gasteiger partial charge in [-0.1, -0.05) is 41.9 Å². The van der Waals surface area contributed by atoms with Gasteiger partial charge in [-0.2, -0.15) is 0 Å². The molecule has 0 atom stereocenters. The third kappa shape index (κ3) is 4.11. The van der Waals surface area contributed by atoms with Gasteiger partial charge < -0.3 is 19.8 Å². The number of carbonyl (C=O) groups is 2. The van der Waals surface area contributed by atoms with Crippen molar-refractivity contribution in [1.29, 1.82) is 0 Å². The van der Waals surface area contributed by atoms with Crippen LogP contribution in [0.15, 0.2) is 77.2 Å². The Morgan fingerprint density at radius 2 is 1.62 bits per heavy atom. The molecule has 170 valence electrons. The first-order chi connectivity index (χ1) is 16.5. The van der Waals surface area contributed by atoms with Gasteiger partial charge in [0.05, 0.1) is 11.6 Å². The molecule has 0 radical (unpaired) electrons. The monoisotopic (exact) mass is 490 g/mol. The number of hydrogen-bond acceptors (Lipinski definition) is 5. The molecule has 5 aromatic rings. The van der Waals surface area contributed by atoms with Crippen LogP contribution in [0.1, 0.15) is 27.2 Å². The molecule has 0 spiro atoms. The van der Waals surface area contributed by atoms with E-state index < -0.39 is 11.8 Å². The number of amides is 2. The van der Waals surface area contributed by atoms with E-state index in [0.29, 0.717) is 38.9 Å². The third-order valence-electron chi connectivity index (χ3n) is 5.20. The van der Waals surface area contributed by atoms with Crippen LogP contribution in [0.4, 0.5) is 11.4 Å². The smallest absolute Gasteiger partial charge is 0.293 e. The topological polar surface area (TPSA) is 80.6 Å². The second kappa shape index (κ2) is 9.21. The predicted molar refractivity (Wildman–Crippen MR) is 137 cm³/mol. The second-order valence-corrected chi connectivity index (χ2v) is 8.84. The Bertz CT molecular complexity index is 1520. The number of furan rings is 1. The molecule has 0 aliphatic heterocycles. The predicted octanol–water partition coefficient (Wildman–Crippen LogP) is 7.20. The standard InChI is InChI=1S/C26H19ClN2O4S/c1-2-32-16-13-11-15(12-14-16)28-25(30)23-22(17-7-3-5-9-19(17)33-23)29-26(31)24-21(27)18-8-4-6-10-20(18)34-24/h3-14H,2H2,1H3,(H,28,30)(H,29,31). The van der Waals surface area contributed by atoms with Gasteiger partial charge in [-0.15, -0.1) is 11.3 Å². The number of anilines is 2. The van der Waals surface area contributed by atoms with Gasteiger partial charge in [0.1, 0.15) is 21.9 Å². The van der Waals surface area contributed by atoms with Crippen LogP contribution in [0.2, 0.25) is 5.02 Å². The number of rotatable bonds is 6. The van der Waals surface area contributed by atoms with Crippen LogP contribution in [-0.4, -0.2) is 18.4 Å². The van der Waals surface area contributed by atoms with E-state index in [1.54, 1.807) is 42.5 Å². The number of para-hydroxylation sites is 1. The van der Waals surface area contributed by atoms with Crippen LogP contribution < -0.4 is 15.4 Å². The lowest BCUT2D eigenvalue weighted by Gasteiger charge is -2.08. The lowest BCUT2D eigenvalue weighted by Crippen LogP contribution is -2.16. The number of fused-ring (bicyclic) bond motifs is 2. The van der Waals surface area contributed by atoms with E-state index in [1.165, 1.54) is 11.3 Å². The number of halogens is 1. The van der Waals surface area contributed by atoms with E-state index in [0.717, 1.165) is 10.1 Å². The molecule has 2 heterocycles. The minimum Gasteiger partial charge on any atom is -0.494 e. The van der Waals surface area contributed by atoms with E-state index in [-0.39, 0.29) is 11.4 Å². The highest BCUT2D eigenvalue weighted by Crippen LogP contribution is 2.37. The zero-order valence-corrected chi connectivity index (χ0v) is 19.6. The molecule has 2 amide bonds. The van der Waals surface area contributed by atoms with Crippen molar-refractivity contribution in [3.8, 4) is 5.75 Å². The van der Waals surface area contributed by atoms with Gasteiger partial charge in [-0.05, 0) is 49.4 Å². The second-order valence-electron chi connectivity index (χ2n) is 7.41. The molecule has 2 aromatic heterocycles. The van der Waals surface area contributed by atoms with Crippen LogP contribution in [0, 0.1) is 0 Å². The first-order valence-electron chi connectivity index (χ1n) is 10.6. The number of hydrogen-bond donors (Lipinski definition) is 2. The first kappa shape index (κ1) is 22.0. The molecule has 0 aliphatic rings. The molecule has 0 bridgehead atoms. The molecule has 0 saturated heterocycles. The van der Waals surface area contributed by atoms with Crippen molar-refractivity contribution in [3.63, 3.8) is 0 Å². The summed E-state index contributed by atoms with van der Waals surface area (Å²) in [6.45, 7) is 2.46. The highest BCUT2D eigenvalue weighted by atomic mass is 35.5. The minimum atomic E-state index is -0.488. The van der Waals surface area contributed by atoms with Crippen molar-refractivity contribution in [2.45, 2.75) is 6.92 Å². The van der Waals surface area contributed by atoms with Gasteiger partial charge in [0.15, 0.2) is 0 Å². The van der Waals surface area contributed by atoms with Gasteiger partial charge in [0, 0.05) is 21.2 Å². The molecule has 0 unspecified atom stereocenters. The Morgan fingerprint density at radius 3 is 2.35 bits per heavy atom. The molecule has 34 heavy (non-hydrogen) atoms. The average molecular weight is 491 g/mol. The molecule has 0 fully saturated rings. The van der Waals surface area contributed by atoms with E-state index in [2.05, 4.69) is 10.6 Å². The van der Waals surface area contributed by atoms with Crippen molar-refractivity contribution < 1.29 is 18.7 Å². The zero-order chi connectivity index (χ0) is 23.7. The van der Waals surface area contributed by atoms with Gasteiger partial charge >= 0.3 is 0 Å². The number of thiophene rings is 1. The largest absolute Gasteiger partial charge is 0.494 e. The summed E-state index contributed by atoms with van der Waals surface area (Å²) in [5, 5.41) is 7.47. The first-order valence-corrected chi connectivity index (χ1v) is 11.8. The lowest BCUT2D eigenvalue weighted by molar-refractivity contribution is 0.0999. The minimum absolute atomic E-state index is 0.000619. The van der Waals surface area contributed by atoms with Crippen molar-refractivity contribution in [1.82, 2.24) is 0 Å². The summed E-state index contributed by atoms with van der Waals surface area (Å²) in [5.41, 5.74) is 1.34. The molecule has 0 aliphatic carbocycles. The summed E-state index contributed by atoms with van der Waals surface area (Å²) >= 11 is 7.79.